The highest BCUT2D eigenvalue weighted by molar-refractivity contribution is 5.99. The van der Waals surface area contributed by atoms with E-state index in [0.717, 1.165) is 24.0 Å². The summed E-state index contributed by atoms with van der Waals surface area (Å²) in [6.07, 6.45) is 5.19. The fraction of sp³-hybridized carbons (Fsp3) is 0.368. The summed E-state index contributed by atoms with van der Waals surface area (Å²) in [4.78, 5) is 25.1. The predicted molar refractivity (Wildman–Crippen MR) is 97.3 cm³/mol. The van der Waals surface area contributed by atoms with Gasteiger partial charge in [-0.25, -0.2) is 9.97 Å². The highest BCUT2D eigenvalue weighted by atomic mass is 19.1. The van der Waals surface area contributed by atoms with Crippen molar-refractivity contribution >= 4 is 23.6 Å². The molecule has 1 aliphatic carbocycles. The van der Waals surface area contributed by atoms with Gasteiger partial charge in [0.15, 0.2) is 0 Å². The summed E-state index contributed by atoms with van der Waals surface area (Å²) in [7, 11) is 0. The molecule has 0 saturated heterocycles. The standard InChI is InChI=1S/C19H20FN5O/c1-19(2)5-3-14(19)24-18(26)17-13-10-21-9-11(13)7-16(25-17)23-12-4-6-22-15(20)8-12/h4,6-9,14H,3,5,10H2,1-2H3,(H,24,26)(H,22,23,25). The number of carbonyl (C=O) groups is 1. The normalized spacial score (nSPS) is 19.6. The van der Waals surface area contributed by atoms with Gasteiger partial charge in [-0.1, -0.05) is 13.8 Å². The second kappa shape index (κ2) is 6.16. The van der Waals surface area contributed by atoms with Crippen LogP contribution in [0.1, 0.15) is 48.3 Å². The lowest BCUT2D eigenvalue weighted by atomic mass is 9.67. The molecule has 0 aromatic carbocycles. The third-order valence-corrected chi connectivity index (χ3v) is 5.18. The molecule has 6 nitrogen and oxygen atoms in total. The van der Waals surface area contributed by atoms with Crippen LogP contribution in [0.5, 0.6) is 0 Å². The summed E-state index contributed by atoms with van der Waals surface area (Å²) in [6.45, 7) is 4.75. The maximum Gasteiger partial charge on any atom is 0.270 e. The van der Waals surface area contributed by atoms with Gasteiger partial charge in [-0.2, -0.15) is 4.39 Å². The van der Waals surface area contributed by atoms with Crippen molar-refractivity contribution in [3.63, 3.8) is 0 Å². The quantitative estimate of drug-likeness (QED) is 0.827. The van der Waals surface area contributed by atoms with Crippen LogP contribution in [0.4, 0.5) is 15.9 Å². The van der Waals surface area contributed by atoms with Gasteiger partial charge in [0.25, 0.3) is 5.91 Å². The molecule has 2 N–H and O–H groups in total. The molecule has 0 bridgehead atoms. The van der Waals surface area contributed by atoms with Crippen molar-refractivity contribution in [2.75, 3.05) is 5.32 Å². The first-order chi connectivity index (χ1) is 12.4. The largest absolute Gasteiger partial charge is 0.347 e. The molecule has 2 aromatic heterocycles. The molecule has 2 aliphatic rings. The molecule has 7 heteroatoms. The molecule has 4 rings (SSSR count). The average molecular weight is 353 g/mol. The van der Waals surface area contributed by atoms with E-state index < -0.39 is 5.95 Å². The van der Waals surface area contributed by atoms with Crippen LogP contribution in [0.3, 0.4) is 0 Å². The van der Waals surface area contributed by atoms with Crippen molar-refractivity contribution in [1.82, 2.24) is 15.3 Å². The lowest BCUT2D eigenvalue weighted by Gasteiger charge is -2.44. The fourth-order valence-corrected chi connectivity index (χ4v) is 3.35. The third-order valence-electron chi connectivity index (χ3n) is 5.18. The highest BCUT2D eigenvalue weighted by Gasteiger charge is 2.39. The number of pyridine rings is 2. The Hall–Kier alpha value is -2.83. The maximum absolute atomic E-state index is 13.3. The number of halogens is 1. The van der Waals surface area contributed by atoms with E-state index in [1.807, 2.05) is 6.07 Å². The first kappa shape index (κ1) is 16.6. The van der Waals surface area contributed by atoms with E-state index in [4.69, 9.17) is 0 Å². The van der Waals surface area contributed by atoms with Crippen LogP contribution in [-0.4, -0.2) is 28.1 Å². The number of carbonyl (C=O) groups excluding carboxylic acids is 1. The van der Waals surface area contributed by atoms with Crippen LogP contribution in [0.2, 0.25) is 0 Å². The fourth-order valence-electron chi connectivity index (χ4n) is 3.35. The van der Waals surface area contributed by atoms with Gasteiger partial charge in [-0.3, -0.25) is 9.79 Å². The molecular formula is C19H20FN5O. The van der Waals surface area contributed by atoms with Crippen LogP contribution in [-0.2, 0) is 6.54 Å². The van der Waals surface area contributed by atoms with E-state index in [1.165, 1.54) is 12.3 Å². The van der Waals surface area contributed by atoms with E-state index in [1.54, 1.807) is 12.3 Å². The van der Waals surface area contributed by atoms with Crippen molar-refractivity contribution in [3.8, 4) is 0 Å². The molecule has 3 heterocycles. The van der Waals surface area contributed by atoms with Crippen molar-refractivity contribution in [2.45, 2.75) is 39.3 Å². The van der Waals surface area contributed by atoms with Crippen molar-refractivity contribution in [3.05, 3.63) is 47.2 Å². The van der Waals surface area contributed by atoms with Crippen LogP contribution in [0.15, 0.2) is 29.4 Å². The van der Waals surface area contributed by atoms with Crippen molar-refractivity contribution in [2.24, 2.45) is 10.4 Å². The number of rotatable bonds is 4. The molecule has 1 amide bonds. The Morgan fingerprint density at radius 2 is 2.19 bits per heavy atom. The summed E-state index contributed by atoms with van der Waals surface area (Å²) in [6, 6.07) is 4.89. The second-order valence-corrected chi connectivity index (χ2v) is 7.44. The zero-order chi connectivity index (χ0) is 18.3. The van der Waals surface area contributed by atoms with Crippen LogP contribution >= 0.6 is 0 Å². The monoisotopic (exact) mass is 353 g/mol. The number of aliphatic imine (C=N–C) groups is 1. The van der Waals surface area contributed by atoms with Gasteiger partial charge in [0, 0.05) is 41.3 Å². The minimum atomic E-state index is -0.581. The molecule has 1 unspecified atom stereocenters. The first-order valence-corrected chi connectivity index (χ1v) is 8.65. The lowest BCUT2D eigenvalue weighted by Crippen LogP contribution is -2.52. The van der Waals surface area contributed by atoms with Gasteiger partial charge in [-0.15, -0.1) is 0 Å². The summed E-state index contributed by atoms with van der Waals surface area (Å²) in [5, 5.41) is 6.13. The molecule has 26 heavy (non-hydrogen) atoms. The Balaban J connectivity index is 1.62. The van der Waals surface area contributed by atoms with Gasteiger partial charge in [0.1, 0.15) is 11.5 Å². The van der Waals surface area contributed by atoms with E-state index in [2.05, 4.69) is 39.4 Å². The number of aromatic nitrogens is 2. The number of amides is 1. The van der Waals surface area contributed by atoms with E-state index >= 15 is 0 Å². The Morgan fingerprint density at radius 3 is 2.88 bits per heavy atom. The Kier molecular flexibility index (Phi) is 3.94. The number of nitrogens with zero attached hydrogens (tertiary/aromatic N) is 3. The first-order valence-electron chi connectivity index (χ1n) is 8.65. The van der Waals surface area contributed by atoms with Gasteiger partial charge in [0.05, 0.1) is 6.54 Å². The number of nitrogens with one attached hydrogen (secondary N) is 2. The van der Waals surface area contributed by atoms with Crippen LogP contribution in [0.25, 0.3) is 0 Å². The number of anilines is 2. The Labute approximate surface area is 151 Å². The third kappa shape index (κ3) is 3.05. The average Bonchev–Trinajstić information content (AvgIpc) is 3.06. The predicted octanol–water partition coefficient (Wildman–Crippen LogP) is 3.21. The second-order valence-electron chi connectivity index (χ2n) is 7.44. The summed E-state index contributed by atoms with van der Waals surface area (Å²) >= 11 is 0. The van der Waals surface area contributed by atoms with Gasteiger partial charge in [-0.05, 0) is 30.4 Å². The minimum absolute atomic E-state index is 0.111. The number of hydrogen-bond acceptors (Lipinski definition) is 5. The van der Waals surface area contributed by atoms with E-state index in [9.17, 15) is 9.18 Å². The molecule has 0 spiro atoms. The molecular weight excluding hydrogens is 333 g/mol. The molecule has 1 saturated carbocycles. The zero-order valence-electron chi connectivity index (χ0n) is 14.7. The van der Waals surface area contributed by atoms with Crippen LogP contribution in [0, 0.1) is 11.4 Å². The molecule has 1 fully saturated rings. The summed E-state index contributed by atoms with van der Waals surface area (Å²) in [5.74, 6) is -0.294. The highest BCUT2D eigenvalue weighted by Crippen LogP contribution is 2.40. The smallest absolute Gasteiger partial charge is 0.270 e. The molecule has 1 atom stereocenters. The maximum atomic E-state index is 13.3. The Morgan fingerprint density at radius 1 is 1.35 bits per heavy atom. The lowest BCUT2D eigenvalue weighted by molar-refractivity contribution is 0.0727. The molecule has 1 aliphatic heterocycles. The van der Waals surface area contributed by atoms with E-state index in [0.29, 0.717) is 23.7 Å². The summed E-state index contributed by atoms with van der Waals surface area (Å²) < 4.78 is 13.3. The zero-order valence-corrected chi connectivity index (χ0v) is 14.7. The molecule has 134 valence electrons. The van der Waals surface area contributed by atoms with Gasteiger partial charge in [0.2, 0.25) is 5.95 Å². The van der Waals surface area contributed by atoms with Crippen molar-refractivity contribution < 1.29 is 9.18 Å². The minimum Gasteiger partial charge on any atom is -0.347 e. The topological polar surface area (TPSA) is 79.3 Å². The SMILES string of the molecule is CC1(C)CCC1NC(=O)c1nc(Nc2ccnc(F)c2)cc2c1CN=C2. The Bertz CT molecular complexity index is 909. The molecule has 0 radical (unpaired) electrons. The van der Waals surface area contributed by atoms with Gasteiger partial charge < -0.3 is 10.6 Å². The van der Waals surface area contributed by atoms with E-state index in [-0.39, 0.29) is 17.4 Å². The van der Waals surface area contributed by atoms with Crippen LogP contribution < -0.4 is 10.6 Å². The number of fused-ring (bicyclic) bond motifs is 1. The van der Waals surface area contributed by atoms with Crippen molar-refractivity contribution in [1.29, 1.82) is 0 Å². The van der Waals surface area contributed by atoms with Gasteiger partial charge >= 0.3 is 0 Å². The number of hydrogen-bond donors (Lipinski definition) is 2. The summed E-state index contributed by atoms with van der Waals surface area (Å²) in [5.41, 5.74) is 2.69. The molecule has 2 aromatic rings.